The van der Waals surface area contributed by atoms with Crippen LogP contribution in [0.2, 0.25) is 0 Å². The van der Waals surface area contributed by atoms with Gasteiger partial charge in [0.05, 0.1) is 5.39 Å². The molecule has 22 heavy (non-hydrogen) atoms. The van der Waals surface area contributed by atoms with Crippen molar-refractivity contribution in [2.24, 2.45) is 5.92 Å². The predicted molar refractivity (Wildman–Crippen MR) is 90.2 cm³/mol. The van der Waals surface area contributed by atoms with Crippen LogP contribution in [0.15, 0.2) is 30.9 Å². The van der Waals surface area contributed by atoms with Crippen LogP contribution in [-0.2, 0) is 19.4 Å². The van der Waals surface area contributed by atoms with Crippen LogP contribution in [0.4, 0.5) is 5.82 Å². The van der Waals surface area contributed by atoms with Crippen molar-refractivity contribution in [3.63, 3.8) is 0 Å². The highest BCUT2D eigenvalue weighted by Gasteiger charge is 2.22. The highest BCUT2D eigenvalue weighted by molar-refractivity contribution is 7.19. The maximum absolute atomic E-state index is 4.49. The molecule has 0 bridgehead atoms. The van der Waals surface area contributed by atoms with Gasteiger partial charge in [0.2, 0.25) is 0 Å². The third-order valence-electron chi connectivity index (χ3n) is 4.27. The fraction of sp³-hybridized carbons (Fsp3) is 0.353. The number of pyridine rings is 1. The summed E-state index contributed by atoms with van der Waals surface area (Å²) in [5.41, 5.74) is 2.62. The fourth-order valence-electron chi connectivity index (χ4n) is 3.10. The van der Waals surface area contributed by atoms with Crippen molar-refractivity contribution in [2.45, 2.75) is 32.7 Å². The van der Waals surface area contributed by atoms with E-state index in [0.29, 0.717) is 0 Å². The van der Waals surface area contributed by atoms with Gasteiger partial charge in [-0.1, -0.05) is 13.0 Å². The van der Waals surface area contributed by atoms with Crippen molar-refractivity contribution in [2.75, 3.05) is 5.32 Å². The lowest BCUT2D eigenvalue weighted by Crippen LogP contribution is -2.09. The van der Waals surface area contributed by atoms with E-state index in [1.165, 1.54) is 28.7 Å². The normalized spacial score (nSPS) is 17.4. The van der Waals surface area contributed by atoms with Gasteiger partial charge in [0.15, 0.2) is 0 Å². The van der Waals surface area contributed by atoms with Crippen molar-refractivity contribution < 1.29 is 0 Å². The second kappa shape index (κ2) is 5.65. The number of fused-ring (bicyclic) bond motifs is 3. The van der Waals surface area contributed by atoms with E-state index >= 15 is 0 Å². The van der Waals surface area contributed by atoms with Gasteiger partial charge in [-0.3, -0.25) is 4.98 Å². The van der Waals surface area contributed by atoms with E-state index < -0.39 is 0 Å². The number of hydrogen-bond acceptors (Lipinski definition) is 5. The van der Waals surface area contributed by atoms with E-state index in [-0.39, 0.29) is 0 Å². The van der Waals surface area contributed by atoms with E-state index in [4.69, 9.17) is 0 Å². The average molecular weight is 310 g/mol. The minimum absolute atomic E-state index is 0.737. The molecule has 0 fully saturated rings. The summed E-state index contributed by atoms with van der Waals surface area (Å²) in [5.74, 6) is 1.74. The summed E-state index contributed by atoms with van der Waals surface area (Å²) >= 11 is 1.84. The molecule has 0 amide bonds. The topological polar surface area (TPSA) is 50.7 Å². The van der Waals surface area contributed by atoms with Gasteiger partial charge >= 0.3 is 0 Å². The number of nitrogens with one attached hydrogen (secondary N) is 1. The number of rotatable bonds is 3. The Kier molecular flexibility index (Phi) is 3.50. The Bertz CT molecular complexity index is 797. The smallest absolute Gasteiger partial charge is 0.138 e. The molecule has 1 atom stereocenters. The lowest BCUT2D eigenvalue weighted by molar-refractivity contribution is 0.509. The summed E-state index contributed by atoms with van der Waals surface area (Å²) in [6, 6.07) is 4.03. The molecule has 0 spiro atoms. The molecule has 0 unspecified atom stereocenters. The SMILES string of the molecule is C[C@@H]1CCc2c(sc3ncnc(NCc4cccnc4)c23)C1. The Morgan fingerprint density at radius 1 is 1.36 bits per heavy atom. The molecule has 0 saturated carbocycles. The third-order valence-corrected chi connectivity index (χ3v) is 5.44. The standard InChI is InChI=1S/C17H18N4S/c1-11-4-5-13-14(7-11)22-17-15(13)16(20-10-21-17)19-9-12-3-2-6-18-8-12/h2-3,6,8,10-11H,4-5,7,9H2,1H3,(H,19,20,21)/t11-/m1/s1. The Morgan fingerprint density at radius 2 is 2.32 bits per heavy atom. The molecule has 0 saturated heterocycles. The molecule has 3 heterocycles. The maximum Gasteiger partial charge on any atom is 0.138 e. The third kappa shape index (κ3) is 2.46. The number of aromatic nitrogens is 3. The van der Waals surface area contributed by atoms with Gasteiger partial charge < -0.3 is 5.32 Å². The van der Waals surface area contributed by atoms with Gasteiger partial charge in [0, 0.05) is 23.8 Å². The molecule has 1 N–H and O–H groups in total. The summed E-state index contributed by atoms with van der Waals surface area (Å²) < 4.78 is 0. The zero-order valence-electron chi connectivity index (χ0n) is 12.5. The number of aryl methyl sites for hydroxylation is 1. The minimum atomic E-state index is 0.737. The van der Waals surface area contributed by atoms with Crippen LogP contribution in [0.3, 0.4) is 0 Å². The van der Waals surface area contributed by atoms with Crippen molar-refractivity contribution in [3.8, 4) is 0 Å². The molecule has 4 rings (SSSR count). The van der Waals surface area contributed by atoms with Crippen molar-refractivity contribution in [1.29, 1.82) is 0 Å². The number of hydrogen-bond donors (Lipinski definition) is 1. The summed E-state index contributed by atoms with van der Waals surface area (Å²) in [6.07, 6.45) is 8.93. The van der Waals surface area contributed by atoms with Crippen LogP contribution < -0.4 is 5.32 Å². The number of nitrogens with zero attached hydrogens (tertiary/aromatic N) is 3. The van der Waals surface area contributed by atoms with Gasteiger partial charge in [-0.05, 0) is 42.4 Å². The molecule has 0 aromatic carbocycles. The van der Waals surface area contributed by atoms with E-state index in [1.807, 2.05) is 23.6 Å². The highest BCUT2D eigenvalue weighted by Crippen LogP contribution is 2.39. The Morgan fingerprint density at radius 3 is 3.18 bits per heavy atom. The van der Waals surface area contributed by atoms with Crippen LogP contribution in [0.5, 0.6) is 0 Å². The zero-order valence-corrected chi connectivity index (χ0v) is 13.4. The van der Waals surface area contributed by atoms with Crippen molar-refractivity contribution >= 4 is 27.4 Å². The van der Waals surface area contributed by atoms with Gasteiger partial charge in [0.25, 0.3) is 0 Å². The first kappa shape index (κ1) is 13.6. The Balaban J connectivity index is 1.69. The van der Waals surface area contributed by atoms with Crippen LogP contribution in [-0.4, -0.2) is 15.0 Å². The second-order valence-electron chi connectivity index (χ2n) is 5.97. The monoisotopic (exact) mass is 310 g/mol. The lowest BCUT2D eigenvalue weighted by atomic mass is 9.89. The van der Waals surface area contributed by atoms with E-state index in [0.717, 1.165) is 35.1 Å². The largest absolute Gasteiger partial charge is 0.365 e. The zero-order chi connectivity index (χ0) is 14.9. The number of thiophene rings is 1. The van der Waals surface area contributed by atoms with E-state index in [1.54, 1.807) is 12.5 Å². The fourth-order valence-corrected chi connectivity index (χ4v) is 4.45. The van der Waals surface area contributed by atoms with Crippen LogP contribution in [0, 0.1) is 5.92 Å². The molecular formula is C17H18N4S. The first-order chi connectivity index (χ1) is 10.8. The molecule has 0 aliphatic heterocycles. The van der Waals surface area contributed by atoms with Crippen LogP contribution in [0.1, 0.15) is 29.3 Å². The van der Waals surface area contributed by atoms with Gasteiger partial charge in [-0.25, -0.2) is 9.97 Å². The first-order valence-corrected chi connectivity index (χ1v) is 8.51. The highest BCUT2D eigenvalue weighted by atomic mass is 32.1. The first-order valence-electron chi connectivity index (χ1n) is 7.69. The molecule has 1 aliphatic carbocycles. The predicted octanol–water partition coefficient (Wildman–Crippen LogP) is 3.82. The van der Waals surface area contributed by atoms with Gasteiger partial charge in [-0.15, -0.1) is 11.3 Å². The van der Waals surface area contributed by atoms with Crippen molar-refractivity contribution in [1.82, 2.24) is 15.0 Å². The van der Waals surface area contributed by atoms with Gasteiger partial charge in [-0.2, -0.15) is 0 Å². The summed E-state index contributed by atoms with van der Waals surface area (Å²) in [4.78, 5) is 15.7. The van der Waals surface area contributed by atoms with Crippen molar-refractivity contribution in [3.05, 3.63) is 46.9 Å². The molecule has 3 aromatic rings. The Labute approximate surface area is 133 Å². The van der Waals surface area contributed by atoms with Gasteiger partial charge in [0.1, 0.15) is 17.0 Å². The van der Waals surface area contributed by atoms with E-state index in [9.17, 15) is 0 Å². The van der Waals surface area contributed by atoms with Crippen LogP contribution >= 0.6 is 11.3 Å². The molecule has 112 valence electrons. The molecule has 4 nitrogen and oxygen atoms in total. The summed E-state index contributed by atoms with van der Waals surface area (Å²) in [7, 11) is 0. The Hall–Kier alpha value is -2.01. The quantitative estimate of drug-likeness (QED) is 0.799. The summed E-state index contributed by atoms with van der Waals surface area (Å²) in [6.45, 7) is 3.07. The molecule has 1 aliphatic rings. The van der Waals surface area contributed by atoms with Crippen LogP contribution in [0.25, 0.3) is 10.2 Å². The lowest BCUT2D eigenvalue weighted by Gasteiger charge is -2.18. The molecule has 3 aromatic heterocycles. The summed E-state index contributed by atoms with van der Waals surface area (Å²) in [5, 5.41) is 4.70. The molecule has 5 heteroatoms. The molecular weight excluding hydrogens is 292 g/mol. The maximum atomic E-state index is 4.49. The number of anilines is 1. The second-order valence-corrected chi connectivity index (χ2v) is 7.05. The van der Waals surface area contributed by atoms with E-state index in [2.05, 4.69) is 33.3 Å². The average Bonchev–Trinajstić information content (AvgIpc) is 2.91. The molecule has 0 radical (unpaired) electrons. The minimum Gasteiger partial charge on any atom is -0.365 e.